The number of piperidine rings is 1. The number of allylic oxidation sites excluding steroid dienone is 1. The van der Waals surface area contributed by atoms with Crippen molar-refractivity contribution in [3.05, 3.63) is 45.9 Å². The van der Waals surface area contributed by atoms with Crippen molar-refractivity contribution in [1.82, 2.24) is 10.2 Å². The Morgan fingerprint density at radius 1 is 1.04 bits per heavy atom. The van der Waals surface area contributed by atoms with Gasteiger partial charge < -0.3 is 25.7 Å². The van der Waals surface area contributed by atoms with Crippen LogP contribution in [0.2, 0.25) is 0 Å². The molecular formula is C27H27F6N3O8S. The fraction of sp³-hybridized carbons (Fsp3) is 0.444. The number of hydrogen-bond acceptors (Lipinski definition) is 8. The van der Waals surface area contributed by atoms with Crippen LogP contribution in [0.3, 0.4) is 0 Å². The number of halogens is 6. The van der Waals surface area contributed by atoms with Gasteiger partial charge in [0.1, 0.15) is 12.4 Å². The summed E-state index contributed by atoms with van der Waals surface area (Å²) in [7, 11) is 0. The van der Waals surface area contributed by atoms with Crippen LogP contribution in [-0.2, 0) is 33.3 Å². The molecule has 5 N–H and O–H groups in total. The molecule has 1 aromatic rings. The highest BCUT2D eigenvalue weighted by Crippen LogP contribution is 2.38. The largest absolute Gasteiger partial charge is 0.481 e. The minimum atomic E-state index is -4.88. The highest BCUT2D eigenvalue weighted by atomic mass is 32.2. The summed E-state index contributed by atoms with van der Waals surface area (Å²) in [6.45, 7) is 0.964. The molecule has 0 radical (unpaired) electrons. The maximum absolute atomic E-state index is 13.4. The van der Waals surface area contributed by atoms with E-state index in [1.54, 1.807) is 4.90 Å². The van der Waals surface area contributed by atoms with Crippen molar-refractivity contribution in [3.8, 4) is 12.3 Å². The SMILES string of the molecule is C#CCN=C1NC(=O)SC1=CC1CCN(Cc2ccc(C(F)(F)F)cc2C(F)(F)F)CC1.O=C(O)CC(O)(CC(=O)O)C(=O)O. The molecule has 1 amide bonds. The van der Waals surface area contributed by atoms with Crippen molar-refractivity contribution in [1.29, 1.82) is 0 Å². The van der Waals surface area contributed by atoms with Gasteiger partial charge in [-0.25, -0.2) is 4.79 Å². The number of terminal acetylenes is 1. The summed E-state index contributed by atoms with van der Waals surface area (Å²) < 4.78 is 78.6. The van der Waals surface area contributed by atoms with Crippen molar-refractivity contribution < 1.29 is 65.9 Å². The first-order valence-electron chi connectivity index (χ1n) is 12.8. The molecule has 0 bridgehead atoms. The number of aliphatic carboxylic acids is 3. The van der Waals surface area contributed by atoms with Crippen molar-refractivity contribution >= 4 is 40.7 Å². The smallest absolute Gasteiger partial charge is 0.416 e. The van der Waals surface area contributed by atoms with E-state index in [-0.39, 0.29) is 35.9 Å². The summed E-state index contributed by atoms with van der Waals surface area (Å²) in [4.78, 5) is 48.7. The molecule has 0 atom stereocenters. The second kappa shape index (κ2) is 15.3. The van der Waals surface area contributed by atoms with Crippen molar-refractivity contribution in [2.24, 2.45) is 10.9 Å². The van der Waals surface area contributed by atoms with Gasteiger partial charge in [-0.05, 0) is 61.3 Å². The number of likely N-dealkylation sites (tertiary alicyclic amines) is 1. The Balaban J connectivity index is 0.000000459. The summed E-state index contributed by atoms with van der Waals surface area (Å²) in [5, 5.41) is 36.2. The molecule has 0 aliphatic carbocycles. The number of amides is 1. The van der Waals surface area contributed by atoms with Crippen LogP contribution in [0.15, 0.2) is 34.2 Å². The molecule has 18 heteroatoms. The number of carboxylic acid groups (broad SMARTS) is 3. The molecule has 2 saturated heterocycles. The second-order valence-electron chi connectivity index (χ2n) is 9.87. The van der Waals surface area contributed by atoms with Gasteiger partial charge >= 0.3 is 30.3 Å². The van der Waals surface area contributed by atoms with E-state index in [9.17, 15) is 45.5 Å². The van der Waals surface area contributed by atoms with Gasteiger partial charge in [0.25, 0.3) is 5.24 Å². The lowest BCUT2D eigenvalue weighted by Crippen LogP contribution is -2.42. The number of carboxylic acids is 3. The van der Waals surface area contributed by atoms with E-state index in [1.165, 1.54) is 0 Å². The van der Waals surface area contributed by atoms with Crippen LogP contribution in [-0.4, -0.2) is 79.5 Å². The van der Waals surface area contributed by atoms with Gasteiger partial charge in [0, 0.05) is 6.54 Å². The molecule has 0 spiro atoms. The fourth-order valence-corrected chi connectivity index (χ4v) is 5.11. The molecule has 2 aliphatic heterocycles. The number of carbonyl (C=O) groups excluding carboxylic acids is 1. The Kier molecular flexibility index (Phi) is 12.6. The standard InChI is InChI=1S/C21H19F6N3OS.C6H8O7/c1-2-7-28-18-17(32-19(31)29-18)10-13-5-8-30(9-6-13)12-14-3-4-15(20(22,23)24)11-16(14)21(25,26)27;7-3(8)1-6(13,5(11)12)2-4(9)10/h1,3-4,10-11,13H,5-9,12H2,(H,28,29,31);13H,1-2H2,(H,7,8)(H,9,10)(H,11,12). The molecule has 2 heterocycles. The number of hydrogen-bond donors (Lipinski definition) is 5. The van der Waals surface area contributed by atoms with Crippen molar-refractivity contribution in [3.63, 3.8) is 0 Å². The van der Waals surface area contributed by atoms with Crippen LogP contribution >= 0.6 is 11.8 Å². The van der Waals surface area contributed by atoms with E-state index in [2.05, 4.69) is 16.2 Å². The Hall–Kier alpha value is -4.08. The summed E-state index contributed by atoms with van der Waals surface area (Å²) in [6.07, 6.45) is -3.66. The Morgan fingerprint density at radius 3 is 2.09 bits per heavy atom. The van der Waals surface area contributed by atoms with Gasteiger partial charge in [-0.1, -0.05) is 18.1 Å². The van der Waals surface area contributed by atoms with Gasteiger partial charge in [0.15, 0.2) is 5.60 Å². The van der Waals surface area contributed by atoms with Crippen LogP contribution in [0.25, 0.3) is 0 Å². The monoisotopic (exact) mass is 667 g/mol. The van der Waals surface area contributed by atoms with E-state index in [0.717, 1.165) is 17.8 Å². The quantitative estimate of drug-likeness (QED) is 0.191. The number of nitrogens with one attached hydrogen (secondary N) is 1. The third kappa shape index (κ3) is 11.4. The molecule has 0 saturated carbocycles. The zero-order chi connectivity index (χ0) is 34.2. The van der Waals surface area contributed by atoms with Crippen LogP contribution in [0, 0.1) is 18.3 Å². The Bertz CT molecular complexity index is 1380. The lowest BCUT2D eigenvalue weighted by molar-refractivity contribution is -0.170. The number of thioether (sulfide) groups is 1. The normalized spacial score (nSPS) is 18.2. The number of aliphatic imine (C=N–C) groups is 1. The minimum absolute atomic E-state index is 0.0900. The van der Waals surface area contributed by atoms with E-state index < -0.39 is 59.8 Å². The van der Waals surface area contributed by atoms with Crippen LogP contribution in [0.1, 0.15) is 42.4 Å². The predicted octanol–water partition coefficient (Wildman–Crippen LogP) is 4.06. The topological polar surface area (TPSA) is 177 Å². The molecule has 2 fully saturated rings. The van der Waals surface area contributed by atoms with Crippen LogP contribution in [0.4, 0.5) is 31.1 Å². The van der Waals surface area contributed by atoms with Gasteiger partial charge in [-0.15, -0.1) is 6.42 Å². The van der Waals surface area contributed by atoms with Gasteiger partial charge in [-0.3, -0.25) is 24.3 Å². The summed E-state index contributed by atoms with van der Waals surface area (Å²) in [5.41, 5.74) is -5.51. The van der Waals surface area contributed by atoms with E-state index in [4.69, 9.17) is 26.8 Å². The lowest BCUT2D eigenvalue weighted by atomic mass is 9.95. The third-order valence-electron chi connectivity index (χ3n) is 6.43. The zero-order valence-electron chi connectivity index (χ0n) is 23.1. The number of alkyl halides is 6. The minimum Gasteiger partial charge on any atom is -0.481 e. The van der Waals surface area contributed by atoms with Gasteiger partial charge in [-0.2, -0.15) is 26.3 Å². The highest BCUT2D eigenvalue weighted by molar-refractivity contribution is 8.18. The number of aliphatic hydroxyl groups is 1. The molecule has 3 rings (SSSR count). The number of benzene rings is 1. The van der Waals surface area contributed by atoms with Gasteiger partial charge in [0.2, 0.25) is 0 Å². The molecule has 0 aromatic heterocycles. The average molecular weight is 668 g/mol. The van der Waals surface area contributed by atoms with Crippen molar-refractivity contribution in [2.75, 3.05) is 19.6 Å². The molecule has 1 aromatic carbocycles. The number of carbonyl (C=O) groups is 4. The maximum Gasteiger partial charge on any atom is 0.416 e. The maximum atomic E-state index is 13.4. The van der Waals surface area contributed by atoms with E-state index >= 15 is 0 Å². The third-order valence-corrected chi connectivity index (χ3v) is 7.26. The molecule has 45 heavy (non-hydrogen) atoms. The zero-order valence-corrected chi connectivity index (χ0v) is 23.9. The molecule has 0 unspecified atom stereocenters. The van der Waals surface area contributed by atoms with Crippen LogP contribution < -0.4 is 5.32 Å². The van der Waals surface area contributed by atoms with E-state index in [1.807, 2.05) is 6.08 Å². The first-order valence-corrected chi connectivity index (χ1v) is 13.6. The molecule has 246 valence electrons. The first-order chi connectivity index (χ1) is 20.7. The van der Waals surface area contributed by atoms with E-state index in [0.29, 0.717) is 42.7 Å². The lowest BCUT2D eigenvalue weighted by Gasteiger charge is -2.31. The van der Waals surface area contributed by atoms with Gasteiger partial charge in [0.05, 0.1) is 28.9 Å². The fourth-order valence-electron chi connectivity index (χ4n) is 4.29. The first kappa shape index (κ1) is 37.1. The number of rotatable bonds is 9. The highest BCUT2D eigenvalue weighted by Gasteiger charge is 2.41. The summed E-state index contributed by atoms with van der Waals surface area (Å²) in [5.74, 6) is -2.15. The molecule has 11 nitrogen and oxygen atoms in total. The van der Waals surface area contributed by atoms with Crippen LogP contribution in [0.5, 0.6) is 0 Å². The molecule has 2 aliphatic rings. The second-order valence-corrected chi connectivity index (χ2v) is 10.9. The number of amidine groups is 1. The number of nitrogens with zero attached hydrogens (tertiary/aromatic N) is 2. The molecular weight excluding hydrogens is 640 g/mol. The Morgan fingerprint density at radius 2 is 1.62 bits per heavy atom. The Labute approximate surface area is 256 Å². The summed E-state index contributed by atoms with van der Waals surface area (Å²) in [6, 6.07) is 1.76. The average Bonchev–Trinajstić information content (AvgIpc) is 3.25. The summed E-state index contributed by atoms with van der Waals surface area (Å²) >= 11 is 1.01. The predicted molar refractivity (Wildman–Crippen MR) is 147 cm³/mol. The van der Waals surface area contributed by atoms with Crippen molar-refractivity contribution in [2.45, 2.75) is 50.2 Å².